The lowest BCUT2D eigenvalue weighted by Crippen LogP contribution is -2.03. The number of benzene rings is 1. The maximum atomic E-state index is 12.2. The van der Waals surface area contributed by atoms with E-state index in [2.05, 4.69) is 4.98 Å². The van der Waals surface area contributed by atoms with Crippen LogP contribution in [0.5, 0.6) is 5.75 Å². The molecule has 0 fully saturated rings. The van der Waals surface area contributed by atoms with E-state index in [9.17, 15) is 4.39 Å². The summed E-state index contributed by atoms with van der Waals surface area (Å²) < 4.78 is 17.5. The Bertz CT molecular complexity index is 546. The number of aromatic nitrogens is 1. The van der Waals surface area contributed by atoms with Crippen LogP contribution >= 0.6 is 0 Å². The zero-order valence-corrected chi connectivity index (χ0v) is 9.77. The van der Waals surface area contributed by atoms with Crippen molar-refractivity contribution in [1.29, 1.82) is 0 Å². The summed E-state index contributed by atoms with van der Waals surface area (Å²) in [5.41, 5.74) is 13.7. The number of hydrogen-bond donors (Lipinski definition) is 2. The highest BCUT2D eigenvalue weighted by molar-refractivity contribution is 5.83. The standard InChI is InChI=1S/C13H14FN3O/c14-6-8-18-11-4-2-1-3-9(11)13-12(16)10(15)5-7-17-13/h1-5,7H,6,8,16H2,(H2,15,17). The van der Waals surface area contributed by atoms with Crippen LogP contribution in [-0.2, 0) is 0 Å². The molecule has 4 nitrogen and oxygen atoms in total. The summed E-state index contributed by atoms with van der Waals surface area (Å²) in [6, 6.07) is 8.83. The number of nitrogens with zero attached hydrogens (tertiary/aromatic N) is 1. The molecule has 0 aliphatic heterocycles. The Morgan fingerprint density at radius 2 is 1.94 bits per heavy atom. The topological polar surface area (TPSA) is 74.2 Å². The molecule has 1 aromatic carbocycles. The zero-order valence-electron chi connectivity index (χ0n) is 9.77. The number of halogens is 1. The van der Waals surface area contributed by atoms with Gasteiger partial charge in [-0.3, -0.25) is 4.98 Å². The largest absolute Gasteiger partial charge is 0.490 e. The normalized spacial score (nSPS) is 10.3. The highest BCUT2D eigenvalue weighted by Gasteiger charge is 2.11. The zero-order chi connectivity index (χ0) is 13.0. The number of pyridine rings is 1. The smallest absolute Gasteiger partial charge is 0.128 e. The molecule has 0 unspecified atom stereocenters. The van der Waals surface area contributed by atoms with Crippen LogP contribution in [0.1, 0.15) is 0 Å². The number of para-hydroxylation sites is 1. The van der Waals surface area contributed by atoms with Gasteiger partial charge in [0.1, 0.15) is 19.0 Å². The van der Waals surface area contributed by atoms with Crippen molar-refractivity contribution in [2.45, 2.75) is 0 Å². The van der Waals surface area contributed by atoms with Gasteiger partial charge in [-0.15, -0.1) is 0 Å². The fourth-order valence-electron chi connectivity index (χ4n) is 1.64. The van der Waals surface area contributed by atoms with E-state index in [1.165, 1.54) is 0 Å². The van der Waals surface area contributed by atoms with Gasteiger partial charge in [0.25, 0.3) is 0 Å². The van der Waals surface area contributed by atoms with Crippen LogP contribution in [0.4, 0.5) is 15.8 Å². The number of nitrogens with two attached hydrogens (primary N) is 2. The van der Waals surface area contributed by atoms with Crippen molar-refractivity contribution in [1.82, 2.24) is 4.98 Å². The lowest BCUT2D eigenvalue weighted by molar-refractivity contribution is 0.274. The molecule has 0 saturated heterocycles. The van der Waals surface area contributed by atoms with E-state index >= 15 is 0 Å². The summed E-state index contributed by atoms with van der Waals surface area (Å²) in [6.45, 7) is -0.548. The highest BCUT2D eigenvalue weighted by Crippen LogP contribution is 2.34. The Kier molecular flexibility index (Phi) is 3.62. The quantitative estimate of drug-likeness (QED) is 0.869. The van der Waals surface area contributed by atoms with Crippen LogP contribution in [0.3, 0.4) is 0 Å². The lowest BCUT2D eigenvalue weighted by Gasteiger charge is -2.12. The molecule has 2 aromatic rings. The van der Waals surface area contributed by atoms with Gasteiger partial charge in [-0.1, -0.05) is 12.1 Å². The van der Waals surface area contributed by atoms with Gasteiger partial charge < -0.3 is 16.2 Å². The lowest BCUT2D eigenvalue weighted by atomic mass is 10.1. The molecule has 0 atom stereocenters. The molecule has 5 heteroatoms. The number of rotatable bonds is 4. The van der Waals surface area contributed by atoms with Gasteiger partial charge in [0.15, 0.2) is 0 Å². The van der Waals surface area contributed by atoms with E-state index in [0.29, 0.717) is 28.4 Å². The fraction of sp³-hybridized carbons (Fsp3) is 0.154. The Morgan fingerprint density at radius 3 is 2.72 bits per heavy atom. The summed E-state index contributed by atoms with van der Waals surface area (Å²) in [4.78, 5) is 4.20. The first-order valence-electron chi connectivity index (χ1n) is 5.52. The molecule has 0 amide bonds. The molecular weight excluding hydrogens is 233 g/mol. The van der Waals surface area contributed by atoms with Gasteiger partial charge in [-0.25, -0.2) is 4.39 Å². The maximum Gasteiger partial charge on any atom is 0.128 e. The minimum Gasteiger partial charge on any atom is -0.490 e. The number of ether oxygens (including phenoxy) is 1. The Hall–Kier alpha value is -2.30. The van der Waals surface area contributed by atoms with Crippen LogP contribution < -0.4 is 16.2 Å². The van der Waals surface area contributed by atoms with Crippen LogP contribution in [0.15, 0.2) is 36.5 Å². The molecule has 0 saturated carbocycles. The van der Waals surface area contributed by atoms with E-state index in [-0.39, 0.29) is 6.61 Å². The number of anilines is 2. The summed E-state index contributed by atoms with van der Waals surface area (Å²) in [6.07, 6.45) is 1.58. The van der Waals surface area contributed by atoms with Crippen LogP contribution in [-0.4, -0.2) is 18.3 Å². The molecule has 0 spiro atoms. The van der Waals surface area contributed by atoms with E-state index in [4.69, 9.17) is 16.2 Å². The average molecular weight is 247 g/mol. The third-order valence-corrected chi connectivity index (χ3v) is 2.50. The summed E-state index contributed by atoms with van der Waals surface area (Å²) in [7, 11) is 0. The van der Waals surface area contributed by atoms with Gasteiger partial charge in [-0.05, 0) is 18.2 Å². The molecule has 0 bridgehead atoms. The fourth-order valence-corrected chi connectivity index (χ4v) is 1.64. The van der Waals surface area contributed by atoms with E-state index in [1.54, 1.807) is 24.4 Å². The SMILES string of the molecule is Nc1ccnc(-c2ccccc2OCCF)c1N. The first-order valence-corrected chi connectivity index (χ1v) is 5.52. The van der Waals surface area contributed by atoms with Crippen LogP contribution in [0.25, 0.3) is 11.3 Å². The van der Waals surface area contributed by atoms with Crippen LogP contribution in [0.2, 0.25) is 0 Å². The van der Waals surface area contributed by atoms with Crippen molar-refractivity contribution in [3.05, 3.63) is 36.5 Å². The third kappa shape index (κ3) is 2.34. The Labute approximate surface area is 104 Å². The van der Waals surface area contributed by atoms with E-state index in [0.717, 1.165) is 0 Å². The van der Waals surface area contributed by atoms with Crippen molar-refractivity contribution in [3.63, 3.8) is 0 Å². The van der Waals surface area contributed by atoms with Gasteiger partial charge >= 0.3 is 0 Å². The summed E-state index contributed by atoms with van der Waals surface area (Å²) >= 11 is 0. The van der Waals surface area contributed by atoms with Gasteiger partial charge in [0.05, 0.1) is 17.1 Å². The van der Waals surface area contributed by atoms with Gasteiger partial charge in [0, 0.05) is 11.8 Å². The van der Waals surface area contributed by atoms with Gasteiger partial charge in [-0.2, -0.15) is 0 Å². The molecule has 0 radical (unpaired) electrons. The highest BCUT2D eigenvalue weighted by atomic mass is 19.1. The molecule has 4 N–H and O–H groups in total. The second-order valence-corrected chi connectivity index (χ2v) is 3.70. The molecule has 94 valence electrons. The van der Waals surface area contributed by atoms with Crippen molar-refractivity contribution in [3.8, 4) is 17.0 Å². The average Bonchev–Trinajstić information content (AvgIpc) is 2.40. The molecule has 1 aromatic heterocycles. The van der Waals surface area contributed by atoms with E-state index in [1.807, 2.05) is 12.1 Å². The monoisotopic (exact) mass is 247 g/mol. The number of hydrogen-bond acceptors (Lipinski definition) is 4. The second kappa shape index (κ2) is 5.35. The minimum absolute atomic E-state index is 0.000760. The summed E-state index contributed by atoms with van der Waals surface area (Å²) in [5, 5.41) is 0. The summed E-state index contributed by atoms with van der Waals surface area (Å²) in [5.74, 6) is 0.542. The first kappa shape index (κ1) is 12.2. The second-order valence-electron chi connectivity index (χ2n) is 3.70. The maximum absolute atomic E-state index is 12.2. The van der Waals surface area contributed by atoms with Crippen molar-refractivity contribution >= 4 is 11.4 Å². The third-order valence-electron chi connectivity index (χ3n) is 2.50. The van der Waals surface area contributed by atoms with Crippen molar-refractivity contribution in [2.75, 3.05) is 24.7 Å². The Balaban J connectivity index is 2.46. The van der Waals surface area contributed by atoms with Gasteiger partial charge in [0.2, 0.25) is 0 Å². The number of nitrogen functional groups attached to an aromatic ring is 2. The minimum atomic E-state index is -0.547. The van der Waals surface area contributed by atoms with Crippen molar-refractivity contribution in [2.24, 2.45) is 0 Å². The predicted molar refractivity (Wildman–Crippen MR) is 70.0 cm³/mol. The van der Waals surface area contributed by atoms with E-state index < -0.39 is 6.67 Å². The molecule has 0 aliphatic carbocycles. The number of alkyl halides is 1. The molecule has 18 heavy (non-hydrogen) atoms. The first-order chi connectivity index (χ1) is 8.74. The Morgan fingerprint density at radius 1 is 1.17 bits per heavy atom. The molecule has 2 rings (SSSR count). The predicted octanol–water partition coefficient (Wildman–Crippen LogP) is 2.26. The molecular formula is C13H14FN3O. The molecule has 0 aliphatic rings. The van der Waals surface area contributed by atoms with Crippen LogP contribution in [0, 0.1) is 0 Å². The van der Waals surface area contributed by atoms with Crippen molar-refractivity contribution < 1.29 is 9.13 Å². The molecule has 1 heterocycles.